The molecule has 0 heterocycles. The van der Waals surface area contributed by atoms with E-state index in [0.717, 1.165) is 19.3 Å². The number of allylic oxidation sites excluding steroid dienone is 4. The van der Waals surface area contributed by atoms with E-state index in [-0.39, 0.29) is 19.8 Å². The fourth-order valence-corrected chi connectivity index (χ4v) is 4.39. The summed E-state index contributed by atoms with van der Waals surface area (Å²) >= 11 is 0. The van der Waals surface area contributed by atoms with Crippen LogP contribution in [0.2, 0.25) is 0 Å². The summed E-state index contributed by atoms with van der Waals surface area (Å²) in [6.45, 7) is 3.32. The second-order valence-electron chi connectivity index (χ2n) is 11.0. The first-order valence-electron chi connectivity index (χ1n) is 14.6. The average Bonchev–Trinajstić information content (AvgIpc) is 2.83. The van der Waals surface area contributed by atoms with E-state index < -0.39 is 13.9 Å². The fraction of sp³-hybridized carbons (Fsp3) is 0.862. The number of likely N-dealkylation sites (N-methyl/N-ethyl adjacent to an activating group) is 1. The van der Waals surface area contributed by atoms with Crippen molar-refractivity contribution in [1.82, 2.24) is 0 Å². The van der Waals surface area contributed by atoms with E-state index in [9.17, 15) is 14.6 Å². The molecule has 0 aromatic rings. The standard InChI is InChI=1S/C29H58NO6P/c1-5-6-7-8-9-10-11-12-13-14-15-16-17-18-19-20-21-22-23-25-34-27-29(31)28-36-37(32,33)35-26-24-30(2,3)4/h10-11,13-14,29,31H,5-9,12,15-28H2,1-4H3/p+1/b11-10-,14-13-. The largest absolute Gasteiger partial charge is 0.472 e. The van der Waals surface area contributed by atoms with Crippen LogP contribution in [0.5, 0.6) is 0 Å². The molecule has 0 amide bonds. The number of phosphoric acid groups is 1. The van der Waals surface area contributed by atoms with Crippen LogP contribution in [0.15, 0.2) is 24.3 Å². The molecule has 2 atom stereocenters. The van der Waals surface area contributed by atoms with Gasteiger partial charge in [-0.15, -0.1) is 0 Å². The molecule has 0 saturated heterocycles. The molecule has 0 rings (SSSR count). The number of unbranched alkanes of at least 4 members (excludes halogenated alkanes) is 12. The summed E-state index contributed by atoms with van der Waals surface area (Å²) in [5.74, 6) is 0. The van der Waals surface area contributed by atoms with Gasteiger partial charge < -0.3 is 19.2 Å². The van der Waals surface area contributed by atoms with E-state index in [1.807, 2.05) is 21.1 Å². The number of quaternary nitrogens is 1. The number of hydrogen-bond acceptors (Lipinski definition) is 5. The lowest BCUT2D eigenvalue weighted by molar-refractivity contribution is -0.870. The minimum atomic E-state index is -4.15. The van der Waals surface area contributed by atoms with E-state index in [1.165, 1.54) is 77.0 Å². The normalized spacial score (nSPS) is 15.1. The summed E-state index contributed by atoms with van der Waals surface area (Å²) in [6, 6.07) is 0. The molecule has 7 nitrogen and oxygen atoms in total. The molecule has 0 aliphatic heterocycles. The van der Waals surface area contributed by atoms with Gasteiger partial charge in [-0.1, -0.05) is 89.0 Å². The smallest absolute Gasteiger partial charge is 0.388 e. The third kappa shape index (κ3) is 29.9. The van der Waals surface area contributed by atoms with E-state index in [4.69, 9.17) is 13.8 Å². The molecule has 0 aromatic heterocycles. The van der Waals surface area contributed by atoms with Gasteiger partial charge in [-0.25, -0.2) is 4.57 Å². The van der Waals surface area contributed by atoms with Crippen molar-refractivity contribution in [2.75, 3.05) is 54.1 Å². The van der Waals surface area contributed by atoms with Crippen LogP contribution in [0.4, 0.5) is 0 Å². The van der Waals surface area contributed by atoms with Gasteiger partial charge in [-0.3, -0.25) is 9.05 Å². The Kier molecular flexibility index (Phi) is 24.2. The molecular formula is C29H59NO6P+. The minimum absolute atomic E-state index is 0.0860. The van der Waals surface area contributed by atoms with Gasteiger partial charge in [0.15, 0.2) is 0 Å². The van der Waals surface area contributed by atoms with E-state index >= 15 is 0 Å². The van der Waals surface area contributed by atoms with Gasteiger partial charge in [-0.2, -0.15) is 0 Å². The van der Waals surface area contributed by atoms with Crippen LogP contribution in [-0.2, 0) is 18.3 Å². The Morgan fingerprint density at radius 3 is 1.84 bits per heavy atom. The summed E-state index contributed by atoms with van der Waals surface area (Å²) in [4.78, 5) is 9.65. The van der Waals surface area contributed by atoms with Gasteiger partial charge >= 0.3 is 7.82 Å². The predicted molar refractivity (Wildman–Crippen MR) is 155 cm³/mol. The van der Waals surface area contributed by atoms with Crippen molar-refractivity contribution in [3.8, 4) is 0 Å². The van der Waals surface area contributed by atoms with Gasteiger partial charge in [0.1, 0.15) is 19.3 Å². The van der Waals surface area contributed by atoms with E-state index in [0.29, 0.717) is 17.6 Å². The minimum Gasteiger partial charge on any atom is -0.388 e. The number of hydrogen-bond donors (Lipinski definition) is 2. The lowest BCUT2D eigenvalue weighted by Crippen LogP contribution is -2.37. The highest BCUT2D eigenvalue weighted by Gasteiger charge is 2.24. The number of phosphoric ester groups is 1. The highest BCUT2D eigenvalue weighted by Crippen LogP contribution is 2.43. The predicted octanol–water partition coefficient (Wildman–Crippen LogP) is 7.19. The summed E-state index contributed by atoms with van der Waals surface area (Å²) in [6.07, 6.45) is 26.9. The van der Waals surface area contributed by atoms with Crippen molar-refractivity contribution < 1.29 is 32.8 Å². The fourth-order valence-electron chi connectivity index (χ4n) is 3.64. The van der Waals surface area contributed by atoms with Crippen molar-refractivity contribution in [3.63, 3.8) is 0 Å². The third-order valence-electron chi connectivity index (χ3n) is 6.00. The zero-order chi connectivity index (χ0) is 27.7. The number of aliphatic hydroxyl groups excluding tert-OH is 1. The molecule has 8 heteroatoms. The molecule has 0 radical (unpaired) electrons. The lowest BCUT2D eigenvalue weighted by Gasteiger charge is -2.24. The van der Waals surface area contributed by atoms with Crippen LogP contribution >= 0.6 is 7.82 Å². The average molecular weight is 549 g/mol. The van der Waals surface area contributed by atoms with Crippen molar-refractivity contribution in [2.24, 2.45) is 0 Å². The molecule has 220 valence electrons. The van der Waals surface area contributed by atoms with Gasteiger partial charge in [0.25, 0.3) is 0 Å². The molecule has 2 unspecified atom stereocenters. The van der Waals surface area contributed by atoms with Gasteiger partial charge in [0.05, 0.1) is 34.4 Å². The van der Waals surface area contributed by atoms with Crippen LogP contribution < -0.4 is 0 Å². The zero-order valence-corrected chi connectivity index (χ0v) is 25.3. The topological polar surface area (TPSA) is 85.2 Å². The van der Waals surface area contributed by atoms with Crippen LogP contribution in [0.1, 0.15) is 103 Å². The van der Waals surface area contributed by atoms with Gasteiger partial charge in [0, 0.05) is 6.61 Å². The molecule has 0 aliphatic rings. The maximum atomic E-state index is 11.8. The Hall–Kier alpha value is -0.530. The van der Waals surface area contributed by atoms with Crippen LogP contribution in [0.3, 0.4) is 0 Å². The zero-order valence-electron chi connectivity index (χ0n) is 24.5. The van der Waals surface area contributed by atoms with Crippen LogP contribution in [0, 0.1) is 0 Å². The van der Waals surface area contributed by atoms with Crippen LogP contribution in [-0.4, -0.2) is 74.7 Å². The summed E-state index contributed by atoms with van der Waals surface area (Å²) in [7, 11) is 1.75. The highest BCUT2D eigenvalue weighted by molar-refractivity contribution is 7.47. The first kappa shape index (κ1) is 36.5. The first-order valence-corrected chi connectivity index (χ1v) is 16.1. The highest BCUT2D eigenvalue weighted by atomic mass is 31.2. The van der Waals surface area contributed by atoms with Crippen LogP contribution in [0.25, 0.3) is 0 Å². The monoisotopic (exact) mass is 548 g/mol. The third-order valence-corrected chi connectivity index (χ3v) is 6.98. The van der Waals surface area contributed by atoms with Gasteiger partial charge in [0.2, 0.25) is 0 Å². The number of nitrogens with zero attached hydrogens (tertiary/aromatic N) is 1. The molecule has 0 saturated carbocycles. The Morgan fingerprint density at radius 1 is 0.730 bits per heavy atom. The summed E-state index contributed by atoms with van der Waals surface area (Å²) in [5, 5.41) is 9.88. The second-order valence-corrected chi connectivity index (χ2v) is 12.4. The molecule has 37 heavy (non-hydrogen) atoms. The van der Waals surface area contributed by atoms with Gasteiger partial charge in [-0.05, 0) is 38.5 Å². The van der Waals surface area contributed by atoms with E-state index in [1.54, 1.807) is 0 Å². The number of aliphatic hydroxyl groups is 1. The van der Waals surface area contributed by atoms with E-state index in [2.05, 4.69) is 31.2 Å². The molecule has 0 aromatic carbocycles. The molecule has 0 fully saturated rings. The molecule has 0 spiro atoms. The summed E-state index contributed by atoms with van der Waals surface area (Å²) in [5.41, 5.74) is 0. The molecular weight excluding hydrogens is 489 g/mol. The maximum Gasteiger partial charge on any atom is 0.472 e. The SMILES string of the molecule is CCCCCC/C=C\C/C=C\CCCCCCCCCCOCC(O)COP(=O)(O)OCC[N+](C)(C)C. The Bertz CT molecular complexity index is 606. The van der Waals surface area contributed by atoms with Crippen molar-refractivity contribution in [1.29, 1.82) is 0 Å². The Labute approximate surface area is 228 Å². The first-order chi connectivity index (χ1) is 17.7. The molecule has 0 aliphatic carbocycles. The lowest BCUT2D eigenvalue weighted by atomic mass is 10.1. The second kappa shape index (κ2) is 24.5. The quantitative estimate of drug-likeness (QED) is 0.0489. The maximum absolute atomic E-state index is 11.8. The Morgan fingerprint density at radius 2 is 1.27 bits per heavy atom. The molecule has 0 bridgehead atoms. The van der Waals surface area contributed by atoms with Crippen molar-refractivity contribution in [2.45, 2.75) is 109 Å². The number of ether oxygens (including phenoxy) is 1. The summed E-state index contributed by atoms with van der Waals surface area (Å²) < 4.78 is 27.7. The van der Waals surface area contributed by atoms with Crippen molar-refractivity contribution >= 4 is 7.82 Å². The molecule has 2 N–H and O–H groups in total. The number of rotatable bonds is 27. The van der Waals surface area contributed by atoms with Crippen molar-refractivity contribution in [3.05, 3.63) is 24.3 Å². The Balaban J connectivity index is 3.42.